The molecule has 0 bridgehead atoms. The molecule has 0 aliphatic heterocycles. The van der Waals surface area contributed by atoms with E-state index in [1.165, 1.54) is 5.56 Å². The molecule has 0 spiro atoms. The summed E-state index contributed by atoms with van der Waals surface area (Å²) in [4.78, 5) is 4.24. The van der Waals surface area contributed by atoms with Gasteiger partial charge in [-0.25, -0.2) is 0 Å². The molecule has 0 atom stereocenters. The molecule has 0 unspecified atom stereocenters. The van der Waals surface area contributed by atoms with Gasteiger partial charge in [-0.15, -0.1) is 0 Å². The SMILES string of the molecule is C=Cc1c(C)cccc1N=CC.CC.CC. The van der Waals surface area contributed by atoms with Crippen LogP contribution in [0.3, 0.4) is 0 Å². The van der Waals surface area contributed by atoms with Crippen molar-refractivity contribution in [1.82, 2.24) is 0 Å². The van der Waals surface area contributed by atoms with Gasteiger partial charge >= 0.3 is 0 Å². The molecule has 1 aromatic carbocycles. The van der Waals surface area contributed by atoms with Crippen molar-refractivity contribution in [2.24, 2.45) is 4.99 Å². The number of hydrogen-bond donors (Lipinski definition) is 0. The molecule has 0 saturated heterocycles. The van der Waals surface area contributed by atoms with E-state index in [9.17, 15) is 0 Å². The van der Waals surface area contributed by atoms with Crippen LogP contribution < -0.4 is 0 Å². The molecular weight excluding hydrogens is 194 g/mol. The fraction of sp³-hybridized carbons (Fsp3) is 0.400. The molecule has 0 heterocycles. The first-order valence-corrected chi connectivity index (χ1v) is 6.00. The predicted molar refractivity (Wildman–Crippen MR) is 77.8 cm³/mol. The van der Waals surface area contributed by atoms with Crippen molar-refractivity contribution in [3.63, 3.8) is 0 Å². The lowest BCUT2D eigenvalue weighted by molar-refractivity contribution is 1.40. The van der Waals surface area contributed by atoms with Crippen molar-refractivity contribution in [2.75, 3.05) is 0 Å². The minimum Gasteiger partial charge on any atom is -0.261 e. The highest BCUT2D eigenvalue weighted by atomic mass is 14.7. The smallest absolute Gasteiger partial charge is 0.0700 e. The van der Waals surface area contributed by atoms with E-state index < -0.39 is 0 Å². The molecule has 1 heteroatoms. The number of hydrogen-bond acceptors (Lipinski definition) is 1. The summed E-state index contributed by atoms with van der Waals surface area (Å²) in [6, 6.07) is 6.06. The van der Waals surface area contributed by atoms with Crippen molar-refractivity contribution < 1.29 is 0 Å². The Bertz CT molecular complexity index is 311. The molecule has 1 aromatic rings. The van der Waals surface area contributed by atoms with E-state index in [0.29, 0.717) is 0 Å². The molecule has 1 rings (SSSR count). The molecule has 0 N–H and O–H groups in total. The second-order valence-electron chi connectivity index (χ2n) is 2.60. The third-order valence-corrected chi connectivity index (χ3v) is 1.77. The first-order valence-electron chi connectivity index (χ1n) is 6.00. The minimum atomic E-state index is 0.993. The lowest BCUT2D eigenvalue weighted by Crippen LogP contribution is -1.80. The first kappa shape index (κ1) is 17.0. The van der Waals surface area contributed by atoms with Gasteiger partial charge in [-0.05, 0) is 25.5 Å². The van der Waals surface area contributed by atoms with Crippen LogP contribution in [0, 0.1) is 6.92 Å². The van der Waals surface area contributed by atoms with Gasteiger partial charge in [-0.1, -0.05) is 52.5 Å². The first-order chi connectivity index (χ1) is 7.79. The van der Waals surface area contributed by atoms with Crippen LogP contribution in [0.4, 0.5) is 5.69 Å². The standard InChI is InChI=1S/C11H13N.2C2H6/c1-4-10-9(3)7-6-8-11(10)12-5-2;2*1-2/h4-8H,1H2,2-3H3;2*1-2H3. The quantitative estimate of drug-likeness (QED) is 0.589. The fourth-order valence-electron chi connectivity index (χ4n) is 1.18. The molecule has 0 aliphatic carbocycles. The Kier molecular flexibility index (Phi) is 12.5. The lowest BCUT2D eigenvalue weighted by atomic mass is 10.1. The van der Waals surface area contributed by atoms with Crippen molar-refractivity contribution >= 4 is 18.0 Å². The van der Waals surface area contributed by atoms with Crippen LogP contribution in [0.2, 0.25) is 0 Å². The highest BCUT2D eigenvalue weighted by Crippen LogP contribution is 2.22. The van der Waals surface area contributed by atoms with Gasteiger partial charge in [0, 0.05) is 11.8 Å². The monoisotopic (exact) mass is 219 g/mol. The third kappa shape index (κ3) is 5.50. The fourth-order valence-corrected chi connectivity index (χ4v) is 1.18. The minimum absolute atomic E-state index is 0.993. The molecular formula is C15H25N. The van der Waals surface area contributed by atoms with E-state index >= 15 is 0 Å². The van der Waals surface area contributed by atoms with Gasteiger partial charge in [0.25, 0.3) is 0 Å². The molecule has 0 radical (unpaired) electrons. The Morgan fingerprint density at radius 3 is 2.12 bits per heavy atom. The molecule has 0 saturated carbocycles. The van der Waals surface area contributed by atoms with Crippen LogP contribution >= 0.6 is 0 Å². The summed E-state index contributed by atoms with van der Waals surface area (Å²) in [5.74, 6) is 0. The zero-order valence-corrected chi connectivity index (χ0v) is 11.5. The van der Waals surface area contributed by atoms with Crippen LogP contribution in [0.1, 0.15) is 45.7 Å². The molecule has 90 valence electrons. The van der Waals surface area contributed by atoms with Gasteiger partial charge in [0.05, 0.1) is 5.69 Å². The lowest BCUT2D eigenvalue weighted by Gasteiger charge is -2.02. The van der Waals surface area contributed by atoms with Gasteiger partial charge in [0.1, 0.15) is 0 Å². The summed E-state index contributed by atoms with van der Waals surface area (Å²) in [5, 5.41) is 0. The van der Waals surface area contributed by atoms with Gasteiger partial charge in [0.2, 0.25) is 0 Å². The van der Waals surface area contributed by atoms with E-state index in [0.717, 1.165) is 11.3 Å². The number of aryl methyl sites for hydroxylation is 1. The van der Waals surface area contributed by atoms with Crippen LogP contribution in [-0.2, 0) is 0 Å². The number of aliphatic imine (C=N–C) groups is 1. The summed E-state index contributed by atoms with van der Waals surface area (Å²) in [5.41, 5.74) is 3.33. The van der Waals surface area contributed by atoms with Crippen molar-refractivity contribution in [3.05, 3.63) is 35.9 Å². The van der Waals surface area contributed by atoms with Crippen molar-refractivity contribution in [3.8, 4) is 0 Å². The van der Waals surface area contributed by atoms with E-state index in [1.807, 2.05) is 52.8 Å². The number of nitrogens with zero attached hydrogens (tertiary/aromatic N) is 1. The number of benzene rings is 1. The normalized spacial score (nSPS) is 8.62. The van der Waals surface area contributed by atoms with Gasteiger partial charge in [0.15, 0.2) is 0 Å². The van der Waals surface area contributed by atoms with E-state index in [4.69, 9.17) is 0 Å². The largest absolute Gasteiger partial charge is 0.261 e. The zero-order valence-electron chi connectivity index (χ0n) is 11.5. The second kappa shape index (κ2) is 11.7. The Labute approximate surface area is 101 Å². The predicted octanol–water partition coefficient (Wildman–Crippen LogP) is 5.41. The average molecular weight is 219 g/mol. The maximum atomic E-state index is 4.24. The maximum absolute atomic E-state index is 4.24. The molecule has 0 aliphatic rings. The van der Waals surface area contributed by atoms with Gasteiger partial charge < -0.3 is 0 Å². The maximum Gasteiger partial charge on any atom is 0.0700 e. The Morgan fingerprint density at radius 1 is 1.12 bits per heavy atom. The van der Waals surface area contributed by atoms with Gasteiger partial charge in [-0.2, -0.15) is 0 Å². The average Bonchev–Trinajstić information content (AvgIpc) is 2.35. The van der Waals surface area contributed by atoms with Gasteiger partial charge in [-0.3, -0.25) is 4.99 Å². The Morgan fingerprint density at radius 2 is 1.69 bits per heavy atom. The van der Waals surface area contributed by atoms with Crippen LogP contribution in [0.25, 0.3) is 6.08 Å². The zero-order chi connectivity index (χ0) is 13.0. The van der Waals surface area contributed by atoms with E-state index in [2.05, 4.69) is 24.6 Å². The van der Waals surface area contributed by atoms with Crippen LogP contribution in [0.15, 0.2) is 29.8 Å². The van der Waals surface area contributed by atoms with Crippen molar-refractivity contribution in [2.45, 2.75) is 41.5 Å². The van der Waals surface area contributed by atoms with Crippen LogP contribution in [-0.4, -0.2) is 6.21 Å². The molecule has 1 nitrogen and oxygen atoms in total. The second-order valence-corrected chi connectivity index (χ2v) is 2.60. The van der Waals surface area contributed by atoms with Crippen LogP contribution in [0.5, 0.6) is 0 Å². The summed E-state index contributed by atoms with van der Waals surface area (Å²) < 4.78 is 0. The third-order valence-electron chi connectivity index (χ3n) is 1.77. The molecule has 0 fully saturated rings. The Balaban J connectivity index is 0. The Hall–Kier alpha value is -1.37. The highest BCUT2D eigenvalue weighted by molar-refractivity contribution is 5.70. The molecule has 0 aromatic heterocycles. The molecule has 0 amide bonds. The topological polar surface area (TPSA) is 12.4 Å². The highest BCUT2D eigenvalue weighted by Gasteiger charge is 1.98. The van der Waals surface area contributed by atoms with Crippen molar-refractivity contribution in [1.29, 1.82) is 0 Å². The van der Waals surface area contributed by atoms with E-state index in [-0.39, 0.29) is 0 Å². The summed E-state index contributed by atoms with van der Waals surface area (Å²) in [7, 11) is 0. The molecule has 16 heavy (non-hydrogen) atoms. The summed E-state index contributed by atoms with van der Waals surface area (Å²) in [6.45, 7) is 15.7. The summed E-state index contributed by atoms with van der Waals surface area (Å²) in [6.07, 6.45) is 3.64. The number of rotatable bonds is 2. The van der Waals surface area contributed by atoms with E-state index in [1.54, 1.807) is 6.21 Å². The summed E-state index contributed by atoms with van der Waals surface area (Å²) >= 11 is 0.